The summed E-state index contributed by atoms with van der Waals surface area (Å²) in [5.74, 6) is 1.38. The van der Waals surface area contributed by atoms with Crippen molar-refractivity contribution in [2.75, 3.05) is 6.61 Å². The molecule has 0 aliphatic carbocycles. The first-order valence-corrected chi connectivity index (χ1v) is 5.20. The van der Waals surface area contributed by atoms with Gasteiger partial charge in [-0.3, -0.25) is 0 Å². The van der Waals surface area contributed by atoms with E-state index in [1.807, 2.05) is 0 Å². The van der Waals surface area contributed by atoms with Crippen LogP contribution in [-0.4, -0.2) is 11.7 Å². The number of rotatable bonds is 7. The molecule has 0 aromatic heterocycles. The smallest absolute Gasteiger partial charge is 0.294 e. The van der Waals surface area contributed by atoms with Gasteiger partial charge in [0.05, 0.1) is 6.61 Å². The van der Waals surface area contributed by atoms with Gasteiger partial charge in [0, 0.05) is 0 Å². The van der Waals surface area contributed by atoms with E-state index in [1.54, 1.807) is 0 Å². The van der Waals surface area contributed by atoms with Crippen LogP contribution in [0.4, 0.5) is 0 Å². The summed E-state index contributed by atoms with van der Waals surface area (Å²) in [5.41, 5.74) is 0. The molecule has 0 radical (unpaired) electrons. The van der Waals surface area contributed by atoms with Crippen LogP contribution >= 0.6 is 0 Å². The van der Waals surface area contributed by atoms with Gasteiger partial charge in [-0.15, -0.1) is 10.1 Å². The summed E-state index contributed by atoms with van der Waals surface area (Å²) in [6.07, 6.45) is 2.10. The minimum Gasteiger partial charge on any atom is -0.314 e. The van der Waals surface area contributed by atoms with Gasteiger partial charge in [-0.2, -0.15) is 0 Å². The highest BCUT2D eigenvalue weighted by Gasteiger charge is 2.15. The first-order valence-electron chi connectivity index (χ1n) is 5.20. The molecule has 0 aromatic carbocycles. The van der Waals surface area contributed by atoms with Crippen LogP contribution in [0.3, 0.4) is 0 Å². The molecule has 0 rings (SSSR count). The lowest BCUT2D eigenvalue weighted by Gasteiger charge is -2.20. The summed E-state index contributed by atoms with van der Waals surface area (Å²) in [5, 5.41) is 9.34. The quantitative estimate of drug-likeness (QED) is 0.472. The molecule has 1 unspecified atom stereocenters. The third-order valence-electron chi connectivity index (χ3n) is 2.45. The SMILES string of the molecule is CC(C)CCC(CO[N+](=O)[O-])C(C)C. The van der Waals surface area contributed by atoms with Crippen LogP contribution in [-0.2, 0) is 4.84 Å². The van der Waals surface area contributed by atoms with E-state index >= 15 is 0 Å². The van der Waals surface area contributed by atoms with Crippen LogP contribution in [0.15, 0.2) is 0 Å². The highest BCUT2D eigenvalue weighted by molar-refractivity contribution is 4.63. The average molecular weight is 203 g/mol. The summed E-state index contributed by atoms with van der Waals surface area (Å²) < 4.78 is 0. The molecule has 84 valence electrons. The Morgan fingerprint density at radius 1 is 1.21 bits per heavy atom. The minimum absolute atomic E-state index is 0.234. The molecule has 0 aliphatic heterocycles. The zero-order valence-corrected chi connectivity index (χ0v) is 9.53. The van der Waals surface area contributed by atoms with Crippen molar-refractivity contribution in [2.45, 2.75) is 40.5 Å². The molecule has 14 heavy (non-hydrogen) atoms. The molecule has 0 N–H and O–H groups in total. The van der Waals surface area contributed by atoms with Gasteiger partial charge < -0.3 is 4.84 Å². The Kier molecular flexibility index (Phi) is 6.25. The van der Waals surface area contributed by atoms with Crippen molar-refractivity contribution in [3.63, 3.8) is 0 Å². The fraction of sp³-hybridized carbons (Fsp3) is 1.00. The zero-order chi connectivity index (χ0) is 11.1. The van der Waals surface area contributed by atoms with Gasteiger partial charge in [0.2, 0.25) is 0 Å². The topological polar surface area (TPSA) is 52.4 Å². The van der Waals surface area contributed by atoms with Crippen molar-refractivity contribution in [1.82, 2.24) is 0 Å². The fourth-order valence-corrected chi connectivity index (χ4v) is 1.31. The van der Waals surface area contributed by atoms with E-state index in [9.17, 15) is 10.1 Å². The van der Waals surface area contributed by atoms with Gasteiger partial charge in [-0.05, 0) is 24.2 Å². The average Bonchev–Trinajstić information content (AvgIpc) is 2.02. The van der Waals surface area contributed by atoms with Gasteiger partial charge in [-0.25, -0.2) is 0 Å². The van der Waals surface area contributed by atoms with Crippen molar-refractivity contribution in [1.29, 1.82) is 0 Å². The summed E-state index contributed by atoms with van der Waals surface area (Å²) >= 11 is 0. The van der Waals surface area contributed by atoms with E-state index < -0.39 is 5.09 Å². The van der Waals surface area contributed by atoms with Gasteiger partial charge in [0.1, 0.15) is 0 Å². The first kappa shape index (κ1) is 13.2. The molecule has 0 saturated heterocycles. The Morgan fingerprint density at radius 2 is 1.79 bits per heavy atom. The second kappa shape index (κ2) is 6.62. The third kappa shape index (κ3) is 6.69. The van der Waals surface area contributed by atoms with Gasteiger partial charge in [0.25, 0.3) is 5.09 Å². The lowest BCUT2D eigenvalue weighted by molar-refractivity contribution is -0.759. The maximum atomic E-state index is 10.0. The molecule has 0 aromatic rings. The van der Waals surface area contributed by atoms with Crippen molar-refractivity contribution < 1.29 is 9.92 Å². The summed E-state index contributed by atoms with van der Waals surface area (Å²) in [7, 11) is 0. The Morgan fingerprint density at radius 3 is 2.14 bits per heavy atom. The highest BCUT2D eigenvalue weighted by atomic mass is 16.9. The molecule has 0 saturated carbocycles. The predicted molar refractivity (Wildman–Crippen MR) is 55.3 cm³/mol. The van der Waals surface area contributed by atoms with E-state index in [-0.39, 0.29) is 6.61 Å². The van der Waals surface area contributed by atoms with E-state index in [0.717, 1.165) is 12.8 Å². The molecule has 0 fully saturated rings. The summed E-state index contributed by atoms with van der Waals surface area (Å²) in [4.78, 5) is 14.5. The third-order valence-corrected chi connectivity index (χ3v) is 2.45. The molecule has 0 heterocycles. The Labute approximate surface area is 85.7 Å². The number of hydrogen-bond acceptors (Lipinski definition) is 3. The number of nitrogens with zero attached hydrogens (tertiary/aromatic N) is 1. The van der Waals surface area contributed by atoms with Crippen LogP contribution in [0, 0.1) is 27.9 Å². The minimum atomic E-state index is -0.704. The largest absolute Gasteiger partial charge is 0.314 e. The van der Waals surface area contributed by atoms with Crippen LogP contribution in [0.2, 0.25) is 0 Å². The summed E-state index contributed by atoms with van der Waals surface area (Å²) in [6.45, 7) is 8.71. The van der Waals surface area contributed by atoms with Crippen LogP contribution in [0.25, 0.3) is 0 Å². The van der Waals surface area contributed by atoms with E-state index in [4.69, 9.17) is 0 Å². The maximum absolute atomic E-state index is 10.0. The van der Waals surface area contributed by atoms with Gasteiger partial charge in [-0.1, -0.05) is 34.1 Å². The van der Waals surface area contributed by atoms with Crippen LogP contribution in [0.5, 0.6) is 0 Å². The molecular weight excluding hydrogens is 182 g/mol. The highest BCUT2D eigenvalue weighted by Crippen LogP contribution is 2.20. The van der Waals surface area contributed by atoms with Crippen LogP contribution < -0.4 is 0 Å². The maximum Gasteiger partial charge on any atom is 0.294 e. The Hall–Kier alpha value is -0.800. The standard InChI is InChI=1S/C10H21NO3/c1-8(2)5-6-10(9(3)4)7-14-11(12)13/h8-10H,5-7H2,1-4H3. The molecule has 4 nitrogen and oxygen atoms in total. The zero-order valence-electron chi connectivity index (χ0n) is 9.53. The summed E-state index contributed by atoms with van der Waals surface area (Å²) in [6, 6.07) is 0. The molecule has 0 aliphatic rings. The lowest BCUT2D eigenvalue weighted by atomic mass is 9.89. The Bertz CT molecular complexity index is 169. The molecular formula is C10H21NO3. The second-order valence-corrected chi connectivity index (χ2v) is 4.49. The first-order chi connectivity index (χ1) is 6.43. The van der Waals surface area contributed by atoms with Crippen molar-refractivity contribution in [3.8, 4) is 0 Å². The van der Waals surface area contributed by atoms with Crippen LogP contribution in [0.1, 0.15) is 40.5 Å². The molecule has 0 amide bonds. The van der Waals surface area contributed by atoms with Gasteiger partial charge >= 0.3 is 0 Å². The van der Waals surface area contributed by atoms with Crippen molar-refractivity contribution in [2.24, 2.45) is 17.8 Å². The molecule has 0 bridgehead atoms. The normalized spacial score (nSPS) is 13.3. The molecule has 4 heteroatoms. The van der Waals surface area contributed by atoms with Gasteiger partial charge in [0.15, 0.2) is 0 Å². The van der Waals surface area contributed by atoms with E-state index in [0.29, 0.717) is 17.8 Å². The monoisotopic (exact) mass is 203 g/mol. The fourth-order valence-electron chi connectivity index (χ4n) is 1.31. The van der Waals surface area contributed by atoms with Crippen molar-refractivity contribution in [3.05, 3.63) is 10.1 Å². The second-order valence-electron chi connectivity index (χ2n) is 4.49. The molecule has 1 atom stereocenters. The predicted octanol–water partition coefficient (Wildman–Crippen LogP) is 2.90. The Balaban J connectivity index is 3.84. The lowest BCUT2D eigenvalue weighted by Crippen LogP contribution is -2.18. The molecule has 0 spiro atoms. The van der Waals surface area contributed by atoms with E-state index in [1.165, 1.54) is 0 Å². The number of hydrogen-bond donors (Lipinski definition) is 0. The van der Waals surface area contributed by atoms with Crippen molar-refractivity contribution >= 4 is 0 Å². The van der Waals surface area contributed by atoms with E-state index in [2.05, 4.69) is 32.5 Å².